The zero-order chi connectivity index (χ0) is 5.98. The Morgan fingerprint density at radius 1 is 1.67 bits per heavy atom. The molecule has 52 valence electrons. The van der Waals surface area contributed by atoms with Crippen LogP contribution in [0.2, 0.25) is 0 Å². The maximum atomic E-state index is 5.23. The van der Waals surface area contributed by atoms with E-state index in [0.29, 0.717) is 12.4 Å². The van der Waals surface area contributed by atoms with Gasteiger partial charge in [-0.05, 0) is 10.4 Å². The van der Waals surface area contributed by atoms with Crippen LogP contribution in [-0.4, -0.2) is 20.2 Å². The van der Waals surface area contributed by atoms with Crippen molar-refractivity contribution in [2.75, 3.05) is 0 Å². The second kappa shape index (κ2) is 3.37. The first-order valence-corrected chi connectivity index (χ1v) is 2.26. The van der Waals surface area contributed by atoms with E-state index in [-0.39, 0.29) is 12.4 Å². The fourth-order valence-corrected chi connectivity index (χ4v) is 0.421. The van der Waals surface area contributed by atoms with Gasteiger partial charge in [-0.1, -0.05) is 0 Å². The molecule has 0 atom stereocenters. The number of nitrogens with two attached hydrogens (primary N) is 1. The van der Waals surface area contributed by atoms with Gasteiger partial charge in [-0.25, -0.2) is 4.68 Å². The van der Waals surface area contributed by atoms with Gasteiger partial charge in [0, 0.05) is 7.05 Å². The monoisotopic (exact) mass is 149 g/mol. The summed E-state index contributed by atoms with van der Waals surface area (Å²) in [4.78, 5) is 0. The van der Waals surface area contributed by atoms with Gasteiger partial charge in [0.1, 0.15) is 0 Å². The van der Waals surface area contributed by atoms with Crippen LogP contribution < -0.4 is 5.73 Å². The average Bonchev–Trinajstić information content (AvgIpc) is 2.14. The standard InChI is InChI=1S/C3H7N5.ClH/c1-8-3(2-4)5-6-7-8;/h2,4H2,1H3;1H. The second-order valence-electron chi connectivity index (χ2n) is 1.42. The highest BCUT2D eigenvalue weighted by Crippen LogP contribution is 1.81. The Balaban J connectivity index is 0.000000640. The number of aryl methyl sites for hydroxylation is 1. The molecule has 1 rings (SSSR count). The number of aromatic nitrogens is 4. The summed E-state index contributed by atoms with van der Waals surface area (Å²) < 4.78 is 1.54. The lowest BCUT2D eigenvalue weighted by atomic mass is 10.6. The van der Waals surface area contributed by atoms with E-state index in [1.165, 1.54) is 0 Å². The molecular weight excluding hydrogens is 142 g/mol. The molecule has 0 radical (unpaired) electrons. The van der Waals surface area contributed by atoms with Crippen LogP contribution in [0.3, 0.4) is 0 Å². The number of nitrogens with zero attached hydrogens (tertiary/aromatic N) is 4. The largest absolute Gasteiger partial charge is 0.324 e. The van der Waals surface area contributed by atoms with Crippen molar-refractivity contribution in [3.63, 3.8) is 0 Å². The maximum absolute atomic E-state index is 5.23. The first kappa shape index (κ1) is 8.32. The molecule has 2 N–H and O–H groups in total. The van der Waals surface area contributed by atoms with Gasteiger partial charge in [0.05, 0.1) is 6.54 Å². The highest BCUT2D eigenvalue weighted by Gasteiger charge is 1.94. The van der Waals surface area contributed by atoms with Crippen LogP contribution in [0.25, 0.3) is 0 Å². The van der Waals surface area contributed by atoms with E-state index >= 15 is 0 Å². The molecule has 0 aliphatic carbocycles. The molecule has 0 fully saturated rings. The van der Waals surface area contributed by atoms with Crippen molar-refractivity contribution >= 4 is 12.4 Å². The normalized spacial score (nSPS) is 8.67. The number of rotatable bonds is 1. The highest BCUT2D eigenvalue weighted by molar-refractivity contribution is 5.85. The summed E-state index contributed by atoms with van der Waals surface area (Å²) in [6.07, 6.45) is 0. The van der Waals surface area contributed by atoms with Crippen molar-refractivity contribution in [1.29, 1.82) is 0 Å². The molecule has 0 saturated heterocycles. The summed E-state index contributed by atoms with van der Waals surface area (Å²) in [6, 6.07) is 0. The topological polar surface area (TPSA) is 69.6 Å². The lowest BCUT2D eigenvalue weighted by Gasteiger charge is -1.87. The van der Waals surface area contributed by atoms with E-state index in [9.17, 15) is 0 Å². The molecule has 0 spiro atoms. The molecule has 0 aromatic carbocycles. The maximum Gasteiger partial charge on any atom is 0.164 e. The third kappa shape index (κ3) is 1.62. The van der Waals surface area contributed by atoms with E-state index in [4.69, 9.17) is 5.73 Å². The minimum absolute atomic E-state index is 0. The van der Waals surface area contributed by atoms with Crippen molar-refractivity contribution in [1.82, 2.24) is 20.2 Å². The molecule has 0 aliphatic rings. The molecular formula is C3H8ClN5. The van der Waals surface area contributed by atoms with Crippen LogP contribution in [0, 0.1) is 0 Å². The summed E-state index contributed by atoms with van der Waals surface area (Å²) >= 11 is 0. The molecule has 0 aliphatic heterocycles. The smallest absolute Gasteiger partial charge is 0.164 e. The van der Waals surface area contributed by atoms with Gasteiger partial charge in [0.25, 0.3) is 0 Å². The fourth-order valence-electron chi connectivity index (χ4n) is 0.421. The predicted molar refractivity (Wildman–Crippen MR) is 33.9 cm³/mol. The zero-order valence-electron chi connectivity index (χ0n) is 4.98. The van der Waals surface area contributed by atoms with Crippen LogP contribution in [0.1, 0.15) is 5.82 Å². The van der Waals surface area contributed by atoms with Crippen molar-refractivity contribution < 1.29 is 0 Å². The SMILES string of the molecule is Cl.Cn1nnnc1CN. The summed E-state index contributed by atoms with van der Waals surface area (Å²) in [5.74, 6) is 0.699. The predicted octanol–water partition coefficient (Wildman–Crippen LogP) is -0.909. The number of tetrazole rings is 1. The third-order valence-electron chi connectivity index (χ3n) is 0.890. The molecule has 1 aromatic heterocycles. The van der Waals surface area contributed by atoms with E-state index in [1.54, 1.807) is 11.7 Å². The van der Waals surface area contributed by atoms with E-state index in [1.807, 2.05) is 0 Å². The first-order valence-electron chi connectivity index (χ1n) is 2.26. The molecule has 9 heavy (non-hydrogen) atoms. The number of hydrogen-bond acceptors (Lipinski definition) is 4. The minimum atomic E-state index is 0. The van der Waals surface area contributed by atoms with Gasteiger partial charge in [0.15, 0.2) is 5.82 Å². The highest BCUT2D eigenvalue weighted by atomic mass is 35.5. The summed E-state index contributed by atoms with van der Waals surface area (Å²) in [7, 11) is 1.75. The van der Waals surface area contributed by atoms with Crippen LogP contribution >= 0.6 is 12.4 Å². The Kier molecular flexibility index (Phi) is 3.11. The Morgan fingerprint density at radius 2 is 2.33 bits per heavy atom. The van der Waals surface area contributed by atoms with Crippen molar-refractivity contribution in [3.05, 3.63) is 5.82 Å². The summed E-state index contributed by atoms with van der Waals surface area (Å²) in [6.45, 7) is 0.392. The van der Waals surface area contributed by atoms with Gasteiger partial charge >= 0.3 is 0 Å². The Labute approximate surface area is 58.6 Å². The molecule has 0 unspecified atom stereocenters. The zero-order valence-corrected chi connectivity index (χ0v) is 5.80. The molecule has 0 amide bonds. The molecule has 1 aromatic rings. The van der Waals surface area contributed by atoms with Gasteiger partial charge in [0.2, 0.25) is 0 Å². The van der Waals surface area contributed by atoms with Crippen LogP contribution in [0.15, 0.2) is 0 Å². The van der Waals surface area contributed by atoms with Crippen molar-refractivity contribution in [2.24, 2.45) is 12.8 Å². The average molecular weight is 150 g/mol. The number of halogens is 1. The van der Waals surface area contributed by atoms with Crippen molar-refractivity contribution in [3.8, 4) is 0 Å². The van der Waals surface area contributed by atoms with Gasteiger partial charge in [-0.15, -0.1) is 17.5 Å². The second-order valence-corrected chi connectivity index (χ2v) is 1.42. The lowest BCUT2D eigenvalue weighted by molar-refractivity contribution is 0.678. The van der Waals surface area contributed by atoms with E-state index in [2.05, 4.69) is 15.5 Å². The quantitative estimate of drug-likeness (QED) is 0.562. The first-order chi connectivity index (χ1) is 3.84. The lowest BCUT2D eigenvalue weighted by Crippen LogP contribution is -2.05. The van der Waals surface area contributed by atoms with E-state index < -0.39 is 0 Å². The van der Waals surface area contributed by atoms with Crippen LogP contribution in [0.5, 0.6) is 0 Å². The van der Waals surface area contributed by atoms with Crippen LogP contribution in [-0.2, 0) is 13.6 Å². The number of hydrogen-bond donors (Lipinski definition) is 1. The van der Waals surface area contributed by atoms with Gasteiger partial charge < -0.3 is 5.73 Å². The Bertz CT molecular complexity index is 172. The fraction of sp³-hybridized carbons (Fsp3) is 0.667. The summed E-state index contributed by atoms with van der Waals surface area (Å²) in [5, 5.41) is 10.5. The Hall–Kier alpha value is -0.680. The molecule has 0 saturated carbocycles. The van der Waals surface area contributed by atoms with Crippen molar-refractivity contribution in [2.45, 2.75) is 6.54 Å². The molecule has 5 nitrogen and oxygen atoms in total. The molecule has 0 bridgehead atoms. The minimum Gasteiger partial charge on any atom is -0.324 e. The third-order valence-corrected chi connectivity index (χ3v) is 0.890. The Morgan fingerprint density at radius 3 is 2.56 bits per heavy atom. The van der Waals surface area contributed by atoms with Gasteiger partial charge in [-0.3, -0.25) is 0 Å². The van der Waals surface area contributed by atoms with E-state index in [0.717, 1.165) is 0 Å². The van der Waals surface area contributed by atoms with Gasteiger partial charge in [-0.2, -0.15) is 0 Å². The molecule has 1 heterocycles. The summed E-state index contributed by atoms with van der Waals surface area (Å²) in [5.41, 5.74) is 5.23. The van der Waals surface area contributed by atoms with Crippen LogP contribution in [0.4, 0.5) is 0 Å². The molecule has 6 heteroatoms.